The van der Waals surface area contributed by atoms with Gasteiger partial charge in [0.1, 0.15) is 18.0 Å². The van der Waals surface area contributed by atoms with Crippen molar-refractivity contribution in [3.63, 3.8) is 0 Å². The largest absolute Gasteiger partial charge is 0.356 e. The minimum atomic E-state index is -0.236. The Morgan fingerprint density at radius 1 is 1.06 bits per heavy atom. The van der Waals surface area contributed by atoms with Gasteiger partial charge in [-0.3, -0.25) is 0 Å². The molecule has 1 aromatic carbocycles. The van der Waals surface area contributed by atoms with E-state index in [1.807, 2.05) is 17.7 Å². The van der Waals surface area contributed by atoms with Gasteiger partial charge in [0.05, 0.1) is 0 Å². The molecule has 0 amide bonds. The summed E-state index contributed by atoms with van der Waals surface area (Å²) in [4.78, 5) is 18.0. The first kappa shape index (κ1) is 19.5. The van der Waals surface area contributed by atoms with Gasteiger partial charge in [-0.05, 0) is 56.2 Å². The average Bonchev–Trinajstić information content (AvgIpc) is 3.29. The zero-order valence-corrected chi connectivity index (χ0v) is 18.2. The molecule has 1 N–H and O–H groups in total. The number of nitrogens with zero attached hydrogens (tertiary/aromatic N) is 7. The van der Waals surface area contributed by atoms with Crippen LogP contribution in [0, 0.1) is 24.6 Å². The summed E-state index contributed by atoms with van der Waals surface area (Å²) in [7, 11) is 0. The second-order valence-electron chi connectivity index (χ2n) is 9.13. The van der Waals surface area contributed by atoms with Crippen LogP contribution in [0.1, 0.15) is 25.0 Å². The van der Waals surface area contributed by atoms with Crippen LogP contribution in [-0.4, -0.2) is 50.4 Å². The Kier molecular flexibility index (Phi) is 4.69. The molecule has 3 atom stereocenters. The van der Waals surface area contributed by atoms with E-state index in [1.165, 1.54) is 18.9 Å². The Morgan fingerprint density at radius 2 is 1.91 bits per heavy atom. The van der Waals surface area contributed by atoms with Crippen molar-refractivity contribution in [2.24, 2.45) is 11.8 Å². The zero-order valence-electron chi connectivity index (χ0n) is 18.2. The molecule has 0 radical (unpaired) electrons. The third-order valence-electron chi connectivity index (χ3n) is 7.01. The molecule has 3 aromatic rings. The van der Waals surface area contributed by atoms with Crippen molar-refractivity contribution in [1.29, 1.82) is 0 Å². The summed E-state index contributed by atoms with van der Waals surface area (Å²) in [6, 6.07) is 9.12. The lowest BCUT2D eigenvalue weighted by Crippen LogP contribution is -2.48. The molecule has 2 aromatic heterocycles. The number of nitrogens with one attached hydrogen (secondary N) is 1. The van der Waals surface area contributed by atoms with Gasteiger partial charge in [0.25, 0.3) is 0 Å². The normalized spacial score (nSPS) is 24.5. The molecular weight excluding hydrogens is 407 g/mol. The predicted octanol–water partition coefficient (Wildman–Crippen LogP) is 3.38. The van der Waals surface area contributed by atoms with Gasteiger partial charge in [-0.2, -0.15) is 4.98 Å². The van der Waals surface area contributed by atoms with Crippen LogP contribution in [0.4, 0.5) is 27.8 Å². The lowest BCUT2D eigenvalue weighted by molar-refractivity contribution is 0.374. The Balaban J connectivity index is 1.20. The van der Waals surface area contributed by atoms with E-state index in [2.05, 4.69) is 31.2 Å². The van der Waals surface area contributed by atoms with E-state index in [4.69, 9.17) is 10.1 Å². The molecule has 166 valence electrons. The molecular formula is C23H27FN8. The van der Waals surface area contributed by atoms with Crippen molar-refractivity contribution >= 4 is 23.4 Å². The van der Waals surface area contributed by atoms with Crippen LogP contribution < -0.4 is 15.1 Å². The maximum Gasteiger partial charge on any atom is 0.244 e. The number of hydrogen-bond donors (Lipinski definition) is 1. The summed E-state index contributed by atoms with van der Waals surface area (Å²) in [6.45, 7) is 5.60. The third-order valence-corrected chi connectivity index (χ3v) is 7.01. The number of hydrogen-bond acceptors (Lipinski definition) is 7. The lowest BCUT2D eigenvalue weighted by atomic mass is 9.92. The molecule has 1 aliphatic carbocycles. The Bertz CT molecular complexity index is 1120. The summed E-state index contributed by atoms with van der Waals surface area (Å²) in [5.41, 5.74) is 1.82. The minimum Gasteiger partial charge on any atom is -0.356 e. The summed E-state index contributed by atoms with van der Waals surface area (Å²) in [6.07, 6.45) is 5.01. The van der Waals surface area contributed by atoms with Crippen molar-refractivity contribution in [3.8, 4) is 0 Å². The van der Waals surface area contributed by atoms with E-state index in [1.54, 1.807) is 18.5 Å². The van der Waals surface area contributed by atoms with Crippen LogP contribution in [0.15, 0.2) is 36.7 Å². The van der Waals surface area contributed by atoms with Gasteiger partial charge in [0, 0.05) is 49.7 Å². The topological polar surface area (TPSA) is 75.0 Å². The summed E-state index contributed by atoms with van der Waals surface area (Å²) in [5, 5.41) is 8.42. The van der Waals surface area contributed by atoms with E-state index >= 15 is 0 Å². The van der Waals surface area contributed by atoms with Crippen LogP contribution in [0.2, 0.25) is 0 Å². The highest BCUT2D eigenvalue weighted by molar-refractivity contribution is 5.59. The maximum absolute atomic E-state index is 13.8. The van der Waals surface area contributed by atoms with Crippen molar-refractivity contribution in [2.75, 3.05) is 34.8 Å². The van der Waals surface area contributed by atoms with Gasteiger partial charge in [-0.15, -0.1) is 5.10 Å². The average molecular weight is 435 g/mol. The van der Waals surface area contributed by atoms with Crippen LogP contribution >= 0.6 is 0 Å². The van der Waals surface area contributed by atoms with Gasteiger partial charge < -0.3 is 15.1 Å². The Hall–Kier alpha value is -3.23. The highest BCUT2D eigenvalue weighted by atomic mass is 19.1. The second kappa shape index (κ2) is 7.72. The van der Waals surface area contributed by atoms with E-state index in [0.717, 1.165) is 55.7 Å². The number of aromatic nitrogens is 5. The van der Waals surface area contributed by atoms with Crippen molar-refractivity contribution in [3.05, 3.63) is 48.2 Å². The molecule has 2 aliphatic heterocycles. The monoisotopic (exact) mass is 434 g/mol. The van der Waals surface area contributed by atoms with Gasteiger partial charge in [-0.25, -0.2) is 19.0 Å². The van der Waals surface area contributed by atoms with Crippen molar-refractivity contribution in [1.82, 2.24) is 24.7 Å². The molecule has 3 aliphatic rings. The van der Waals surface area contributed by atoms with Crippen LogP contribution in [0.3, 0.4) is 0 Å². The number of benzene rings is 1. The van der Waals surface area contributed by atoms with Gasteiger partial charge in [0.15, 0.2) is 0 Å². The van der Waals surface area contributed by atoms with E-state index in [9.17, 15) is 4.39 Å². The first-order chi connectivity index (χ1) is 15.6. The standard InChI is InChI=1S/C23H27FN8/c1-15-10-20(26-14-25-15)30-12-16-6-7-17(13-30)21(16)27-22-28-23-31(8-3-9-32(23)29-22)19-5-2-4-18(24)11-19/h2,4-5,10-11,14,16-17,21H,3,6-9,12-13H2,1H3,(H,27,29)/t16-,17?,21?/m0/s1. The number of fused-ring (bicyclic) bond motifs is 3. The molecule has 6 rings (SSSR count). The van der Waals surface area contributed by atoms with Crippen LogP contribution in [0.5, 0.6) is 0 Å². The van der Waals surface area contributed by atoms with E-state index in [0.29, 0.717) is 23.8 Å². The summed E-state index contributed by atoms with van der Waals surface area (Å²) >= 11 is 0. The van der Waals surface area contributed by atoms with Gasteiger partial charge in [0.2, 0.25) is 11.9 Å². The molecule has 4 heterocycles. The highest BCUT2D eigenvalue weighted by Gasteiger charge is 2.43. The van der Waals surface area contributed by atoms with Crippen LogP contribution in [-0.2, 0) is 6.54 Å². The number of piperidine rings is 1. The lowest BCUT2D eigenvalue weighted by Gasteiger charge is -2.38. The smallest absolute Gasteiger partial charge is 0.244 e. The molecule has 9 heteroatoms. The van der Waals surface area contributed by atoms with Crippen molar-refractivity contribution in [2.45, 2.75) is 38.8 Å². The number of halogens is 1. The fourth-order valence-electron chi connectivity index (χ4n) is 5.52. The summed E-state index contributed by atoms with van der Waals surface area (Å²) in [5.74, 6) is 3.31. The van der Waals surface area contributed by atoms with Gasteiger partial charge >= 0.3 is 0 Å². The van der Waals surface area contributed by atoms with Crippen molar-refractivity contribution < 1.29 is 4.39 Å². The number of rotatable bonds is 4. The van der Waals surface area contributed by atoms with E-state index < -0.39 is 0 Å². The molecule has 0 spiro atoms. The van der Waals surface area contributed by atoms with E-state index in [-0.39, 0.29) is 5.82 Å². The number of aryl methyl sites for hydroxylation is 2. The molecule has 2 unspecified atom stereocenters. The molecule has 1 saturated carbocycles. The quantitative estimate of drug-likeness (QED) is 0.675. The first-order valence-electron chi connectivity index (χ1n) is 11.4. The van der Waals surface area contributed by atoms with Gasteiger partial charge in [-0.1, -0.05) is 6.07 Å². The highest BCUT2D eigenvalue weighted by Crippen LogP contribution is 2.40. The summed E-state index contributed by atoms with van der Waals surface area (Å²) < 4.78 is 15.7. The predicted molar refractivity (Wildman–Crippen MR) is 121 cm³/mol. The first-order valence-corrected chi connectivity index (χ1v) is 11.4. The van der Waals surface area contributed by atoms with Crippen LogP contribution in [0.25, 0.3) is 0 Å². The molecule has 1 saturated heterocycles. The Labute approximate surface area is 186 Å². The third kappa shape index (κ3) is 3.45. The maximum atomic E-state index is 13.8. The molecule has 2 fully saturated rings. The fourth-order valence-corrected chi connectivity index (χ4v) is 5.52. The second-order valence-corrected chi connectivity index (χ2v) is 9.13. The minimum absolute atomic E-state index is 0.236. The zero-order chi connectivity index (χ0) is 21.7. The molecule has 2 bridgehead atoms. The number of anilines is 4. The Morgan fingerprint density at radius 3 is 2.69 bits per heavy atom. The SMILES string of the molecule is Cc1cc(N2CC3CC[C@@H](C2)C3Nc2nc3n(n2)CCCN3c2cccc(F)c2)ncn1. The fraction of sp³-hybridized carbons (Fsp3) is 0.478. The molecule has 8 nitrogen and oxygen atoms in total. The molecule has 32 heavy (non-hydrogen) atoms.